The number of halogens is 2. The molecule has 1 aromatic rings. The predicted molar refractivity (Wildman–Crippen MR) is 73.3 cm³/mol. The Kier molecular flexibility index (Phi) is 4.15. The van der Waals surface area contributed by atoms with E-state index in [1.165, 1.54) is 19.3 Å². The standard InChI is InChI=1S/C14H19F2NS/c1-14(2)9-3-4-12(14)17-10-5-7-11(8-6-10)18-13(15)16/h5-8,12-13,17H,3-4,9H2,1-2H3. The van der Waals surface area contributed by atoms with Crippen LogP contribution in [0.15, 0.2) is 29.2 Å². The molecular formula is C14H19F2NS. The summed E-state index contributed by atoms with van der Waals surface area (Å²) in [5, 5.41) is 3.51. The summed E-state index contributed by atoms with van der Waals surface area (Å²) in [7, 11) is 0. The van der Waals surface area contributed by atoms with Gasteiger partial charge in [-0.15, -0.1) is 0 Å². The van der Waals surface area contributed by atoms with Gasteiger partial charge in [-0.1, -0.05) is 32.0 Å². The summed E-state index contributed by atoms with van der Waals surface area (Å²) >= 11 is 0.589. The van der Waals surface area contributed by atoms with E-state index < -0.39 is 5.76 Å². The van der Waals surface area contributed by atoms with Crippen molar-refractivity contribution in [2.45, 2.75) is 49.8 Å². The Bertz CT molecular complexity index is 389. The number of rotatable bonds is 4. The first-order chi connectivity index (χ1) is 8.47. The summed E-state index contributed by atoms with van der Waals surface area (Å²) in [4.78, 5) is 0.612. The van der Waals surface area contributed by atoms with Crippen LogP contribution in [0.1, 0.15) is 33.1 Å². The predicted octanol–water partition coefficient (Wildman–Crippen LogP) is 4.99. The Hall–Kier alpha value is -0.770. The molecule has 1 fully saturated rings. The zero-order valence-corrected chi connectivity index (χ0v) is 11.6. The first-order valence-corrected chi connectivity index (χ1v) is 7.17. The van der Waals surface area contributed by atoms with Crippen molar-refractivity contribution in [1.82, 2.24) is 0 Å². The van der Waals surface area contributed by atoms with Gasteiger partial charge in [0.25, 0.3) is 5.76 Å². The summed E-state index contributed by atoms with van der Waals surface area (Å²) in [5.41, 5.74) is 1.34. The average molecular weight is 271 g/mol. The van der Waals surface area contributed by atoms with Crippen LogP contribution >= 0.6 is 11.8 Å². The summed E-state index contributed by atoms with van der Waals surface area (Å²) < 4.78 is 24.4. The minimum absolute atomic E-state index is 0.316. The smallest absolute Gasteiger partial charge is 0.288 e. The lowest BCUT2D eigenvalue weighted by Crippen LogP contribution is -2.30. The monoisotopic (exact) mass is 271 g/mol. The van der Waals surface area contributed by atoms with E-state index >= 15 is 0 Å². The molecule has 0 radical (unpaired) electrons. The lowest BCUT2D eigenvalue weighted by atomic mass is 9.87. The van der Waals surface area contributed by atoms with E-state index in [4.69, 9.17) is 0 Å². The quantitative estimate of drug-likeness (QED) is 0.774. The molecule has 0 heterocycles. The number of hydrogen-bond acceptors (Lipinski definition) is 2. The SMILES string of the molecule is CC1(C)CCCC1Nc1ccc(SC(F)F)cc1. The number of thioether (sulfide) groups is 1. The van der Waals surface area contributed by atoms with Gasteiger partial charge in [0.2, 0.25) is 0 Å². The van der Waals surface area contributed by atoms with Crippen LogP contribution in [0.2, 0.25) is 0 Å². The second-order valence-electron chi connectivity index (χ2n) is 5.48. The van der Waals surface area contributed by atoms with Crippen molar-refractivity contribution in [1.29, 1.82) is 0 Å². The Morgan fingerprint density at radius 2 is 1.94 bits per heavy atom. The summed E-state index contributed by atoms with van der Waals surface area (Å²) in [5.74, 6) is -2.35. The van der Waals surface area contributed by atoms with E-state index in [0.29, 0.717) is 28.1 Å². The number of hydrogen-bond donors (Lipinski definition) is 1. The minimum atomic E-state index is -2.35. The highest BCUT2D eigenvalue weighted by atomic mass is 32.2. The summed E-state index contributed by atoms with van der Waals surface area (Å²) in [6, 6.07) is 7.76. The van der Waals surface area contributed by atoms with Crippen LogP contribution in [0.4, 0.5) is 14.5 Å². The molecule has 18 heavy (non-hydrogen) atoms. The van der Waals surface area contributed by atoms with Crippen molar-refractivity contribution >= 4 is 17.4 Å². The van der Waals surface area contributed by atoms with Crippen molar-refractivity contribution in [2.24, 2.45) is 5.41 Å². The third-order valence-electron chi connectivity index (χ3n) is 3.68. The van der Waals surface area contributed by atoms with Gasteiger partial charge >= 0.3 is 0 Å². The summed E-state index contributed by atoms with van der Waals surface area (Å²) in [6.45, 7) is 4.55. The second kappa shape index (κ2) is 5.47. The number of alkyl halides is 2. The fourth-order valence-corrected chi connectivity index (χ4v) is 3.03. The van der Waals surface area contributed by atoms with Gasteiger partial charge in [0.15, 0.2) is 0 Å². The van der Waals surface area contributed by atoms with Crippen LogP contribution in [-0.4, -0.2) is 11.8 Å². The minimum Gasteiger partial charge on any atom is -0.382 e. The lowest BCUT2D eigenvalue weighted by molar-refractivity contribution is 0.252. The van der Waals surface area contributed by atoms with Gasteiger partial charge in [-0.2, -0.15) is 8.78 Å². The fourth-order valence-electron chi connectivity index (χ4n) is 2.53. The first kappa shape index (κ1) is 13.7. The van der Waals surface area contributed by atoms with E-state index in [1.54, 1.807) is 12.1 Å². The molecule has 0 aromatic heterocycles. The van der Waals surface area contributed by atoms with E-state index in [0.717, 1.165) is 5.69 Å². The molecule has 4 heteroatoms. The Morgan fingerprint density at radius 3 is 2.44 bits per heavy atom. The normalized spacial score (nSPS) is 22.4. The van der Waals surface area contributed by atoms with Gasteiger partial charge in [-0.25, -0.2) is 0 Å². The lowest BCUT2D eigenvalue weighted by Gasteiger charge is -2.28. The van der Waals surface area contributed by atoms with Gasteiger partial charge in [-0.3, -0.25) is 0 Å². The molecule has 0 saturated heterocycles. The largest absolute Gasteiger partial charge is 0.382 e. The molecule has 100 valence electrons. The Balaban J connectivity index is 1.98. The number of anilines is 1. The molecule has 0 spiro atoms. The highest BCUT2D eigenvalue weighted by Gasteiger charge is 2.34. The molecule has 1 aliphatic carbocycles. The molecule has 0 aliphatic heterocycles. The van der Waals surface area contributed by atoms with Gasteiger partial charge in [0.1, 0.15) is 0 Å². The molecule has 1 aromatic carbocycles. The topological polar surface area (TPSA) is 12.0 Å². The Morgan fingerprint density at radius 1 is 1.28 bits per heavy atom. The zero-order valence-electron chi connectivity index (χ0n) is 10.7. The molecule has 1 N–H and O–H groups in total. The molecule has 0 amide bonds. The Labute approximate surface area is 111 Å². The second-order valence-corrected chi connectivity index (χ2v) is 6.54. The van der Waals surface area contributed by atoms with Crippen LogP contribution in [0.25, 0.3) is 0 Å². The number of nitrogens with one attached hydrogen (secondary N) is 1. The molecule has 2 rings (SSSR count). The van der Waals surface area contributed by atoms with Gasteiger partial charge in [0, 0.05) is 16.6 Å². The molecular weight excluding hydrogens is 252 g/mol. The maximum atomic E-state index is 12.2. The van der Waals surface area contributed by atoms with Crippen LogP contribution in [0, 0.1) is 5.41 Å². The maximum Gasteiger partial charge on any atom is 0.288 e. The third-order valence-corrected chi connectivity index (χ3v) is 4.40. The summed E-state index contributed by atoms with van der Waals surface area (Å²) in [6.07, 6.45) is 3.68. The molecule has 1 nitrogen and oxygen atoms in total. The number of benzene rings is 1. The molecule has 1 unspecified atom stereocenters. The molecule has 0 bridgehead atoms. The first-order valence-electron chi connectivity index (χ1n) is 6.29. The van der Waals surface area contributed by atoms with Gasteiger partial charge < -0.3 is 5.32 Å². The van der Waals surface area contributed by atoms with Crippen LogP contribution in [0.3, 0.4) is 0 Å². The van der Waals surface area contributed by atoms with Crippen molar-refractivity contribution in [3.05, 3.63) is 24.3 Å². The van der Waals surface area contributed by atoms with Crippen molar-refractivity contribution in [2.75, 3.05) is 5.32 Å². The van der Waals surface area contributed by atoms with Crippen molar-refractivity contribution in [3.63, 3.8) is 0 Å². The molecule has 1 atom stereocenters. The van der Waals surface area contributed by atoms with Crippen molar-refractivity contribution in [3.8, 4) is 0 Å². The third kappa shape index (κ3) is 3.37. The van der Waals surface area contributed by atoms with E-state index in [9.17, 15) is 8.78 Å². The van der Waals surface area contributed by atoms with Crippen LogP contribution in [-0.2, 0) is 0 Å². The van der Waals surface area contributed by atoms with E-state index in [-0.39, 0.29) is 0 Å². The van der Waals surface area contributed by atoms with E-state index in [2.05, 4.69) is 19.2 Å². The fraction of sp³-hybridized carbons (Fsp3) is 0.571. The maximum absolute atomic E-state index is 12.2. The average Bonchev–Trinajstić information content (AvgIpc) is 2.60. The van der Waals surface area contributed by atoms with Crippen LogP contribution in [0.5, 0.6) is 0 Å². The molecule has 1 aliphatic rings. The zero-order chi connectivity index (χ0) is 13.2. The van der Waals surface area contributed by atoms with E-state index in [1.807, 2.05) is 12.1 Å². The molecule has 1 saturated carbocycles. The van der Waals surface area contributed by atoms with Gasteiger partial charge in [0.05, 0.1) is 0 Å². The van der Waals surface area contributed by atoms with Crippen LogP contribution < -0.4 is 5.32 Å². The van der Waals surface area contributed by atoms with Gasteiger partial charge in [-0.05, 0) is 42.5 Å². The highest BCUT2D eigenvalue weighted by molar-refractivity contribution is 7.99. The highest BCUT2D eigenvalue weighted by Crippen LogP contribution is 2.39. The van der Waals surface area contributed by atoms with Crippen molar-refractivity contribution < 1.29 is 8.78 Å².